The molecule has 0 rings (SSSR count). The van der Waals surface area contributed by atoms with Gasteiger partial charge >= 0.3 is 7.82 Å². The molecule has 0 heterocycles. The van der Waals surface area contributed by atoms with Crippen LogP contribution in [-0.4, -0.2) is 35.5 Å². The Balaban J connectivity index is 0. The van der Waals surface area contributed by atoms with E-state index in [2.05, 4.69) is 9.05 Å². The fourth-order valence-corrected chi connectivity index (χ4v) is 1.09. The van der Waals surface area contributed by atoms with E-state index in [0.29, 0.717) is 0 Å². The van der Waals surface area contributed by atoms with Crippen molar-refractivity contribution >= 4 is 25.2 Å². The normalized spacial score (nSPS) is 10.7. The van der Waals surface area contributed by atoms with E-state index in [0.717, 1.165) is 0 Å². The summed E-state index contributed by atoms with van der Waals surface area (Å²) in [5.41, 5.74) is 0. The molecule has 0 aromatic carbocycles. The third-order valence-corrected chi connectivity index (χ3v) is 1.75. The van der Waals surface area contributed by atoms with Crippen LogP contribution >= 0.6 is 7.82 Å². The predicted octanol–water partition coefficient (Wildman–Crippen LogP) is 0.779. The second-order valence-corrected chi connectivity index (χ2v) is 2.76. The Morgan fingerprint density at radius 3 is 1.80 bits per heavy atom. The van der Waals surface area contributed by atoms with Gasteiger partial charge in [-0.3, -0.25) is 9.05 Å². The van der Waals surface area contributed by atoms with Gasteiger partial charge in [-0.25, -0.2) is 4.57 Å². The zero-order chi connectivity index (χ0) is 7.33. The van der Waals surface area contributed by atoms with Crippen molar-refractivity contribution in [2.45, 2.75) is 13.8 Å². The minimum atomic E-state index is -3.69. The Labute approximate surface area is 71.3 Å². The lowest BCUT2D eigenvalue weighted by Crippen LogP contribution is -1.93. The Hall–Kier alpha value is 0.642. The van der Waals surface area contributed by atoms with E-state index in [-0.39, 0.29) is 30.6 Å². The Morgan fingerprint density at radius 1 is 1.30 bits per heavy atom. The van der Waals surface area contributed by atoms with Gasteiger partial charge in [0.1, 0.15) is 0 Å². The summed E-state index contributed by atoms with van der Waals surface area (Å²) in [5, 5.41) is 0. The third-order valence-electron chi connectivity index (χ3n) is 0.584. The number of hydrogen-bond acceptors (Lipinski definition) is 3. The van der Waals surface area contributed by atoms with Gasteiger partial charge in [0.25, 0.3) is 0 Å². The molecule has 1 N–H and O–H groups in total. The summed E-state index contributed by atoms with van der Waals surface area (Å²) in [6, 6.07) is 0. The average Bonchev–Trinajstić information content (AvgIpc) is 1.64. The van der Waals surface area contributed by atoms with Crippen molar-refractivity contribution < 1.29 is 18.5 Å². The van der Waals surface area contributed by atoms with E-state index in [4.69, 9.17) is 4.89 Å². The largest absolute Gasteiger partial charge is 0.472 e. The van der Waals surface area contributed by atoms with Gasteiger partial charge in [0, 0.05) is 17.4 Å². The van der Waals surface area contributed by atoms with Crippen LogP contribution in [0.3, 0.4) is 0 Å². The van der Waals surface area contributed by atoms with Crippen molar-refractivity contribution in [2.24, 2.45) is 0 Å². The van der Waals surface area contributed by atoms with Crippen molar-refractivity contribution in [3.63, 3.8) is 0 Å². The minimum Gasteiger partial charge on any atom is -0.302 e. The van der Waals surface area contributed by atoms with Gasteiger partial charge in [0.05, 0.1) is 13.2 Å². The maximum absolute atomic E-state index is 10.5. The first-order valence-corrected chi connectivity index (χ1v) is 4.23. The van der Waals surface area contributed by atoms with Gasteiger partial charge in [-0.15, -0.1) is 0 Å². The Morgan fingerprint density at radius 2 is 1.60 bits per heavy atom. The van der Waals surface area contributed by atoms with Gasteiger partial charge in [0.15, 0.2) is 0 Å². The van der Waals surface area contributed by atoms with Gasteiger partial charge in [0.2, 0.25) is 0 Å². The molecular weight excluding hydrogens is 170 g/mol. The number of phosphoric ester groups is 1. The van der Waals surface area contributed by atoms with Crippen LogP contribution in [0, 0.1) is 0 Å². The molecule has 0 saturated carbocycles. The van der Waals surface area contributed by atoms with Crippen LogP contribution in [-0.2, 0) is 13.6 Å². The summed E-state index contributed by atoms with van der Waals surface area (Å²) in [7, 11) is -3.69. The molecule has 0 amide bonds. The standard InChI is InChI=1S/C4H11O4P.Al/c1-3-7-9(5,6)8-4-2;/h3-4H2,1-2H3,(H,5,6);. The van der Waals surface area contributed by atoms with Crippen LogP contribution in [0.15, 0.2) is 0 Å². The lowest BCUT2D eigenvalue weighted by molar-refractivity contribution is 0.161. The lowest BCUT2D eigenvalue weighted by atomic mass is 10.9. The van der Waals surface area contributed by atoms with Crippen molar-refractivity contribution in [1.82, 2.24) is 0 Å². The van der Waals surface area contributed by atoms with E-state index >= 15 is 0 Å². The molecule has 4 nitrogen and oxygen atoms in total. The second-order valence-electron chi connectivity index (χ2n) is 1.30. The zero-order valence-corrected chi connectivity index (χ0v) is 8.16. The van der Waals surface area contributed by atoms with Crippen LogP contribution in [0.25, 0.3) is 0 Å². The summed E-state index contributed by atoms with van der Waals surface area (Å²) in [5.74, 6) is 0. The van der Waals surface area contributed by atoms with Gasteiger partial charge in [-0.05, 0) is 13.8 Å². The average molecular weight is 181 g/mol. The molecular formula is C4H11AlO4P. The molecule has 0 aliphatic carbocycles. The minimum absolute atomic E-state index is 0. The summed E-state index contributed by atoms with van der Waals surface area (Å²) in [4.78, 5) is 8.63. The fraction of sp³-hybridized carbons (Fsp3) is 1.00. The SMILES string of the molecule is CCOP(=O)(O)OCC.[Al]. The number of phosphoric acid groups is 1. The highest BCUT2D eigenvalue weighted by molar-refractivity contribution is 7.47. The topological polar surface area (TPSA) is 55.8 Å². The van der Waals surface area contributed by atoms with Gasteiger partial charge in [-0.1, -0.05) is 0 Å². The first-order valence-electron chi connectivity index (χ1n) is 2.74. The molecule has 0 aromatic heterocycles. The predicted molar refractivity (Wildman–Crippen MR) is 38.8 cm³/mol. The molecule has 0 saturated heterocycles. The molecule has 3 radical (unpaired) electrons. The first kappa shape index (κ1) is 13.2. The highest BCUT2D eigenvalue weighted by atomic mass is 31.2. The highest BCUT2D eigenvalue weighted by Crippen LogP contribution is 2.42. The van der Waals surface area contributed by atoms with E-state index < -0.39 is 7.82 Å². The van der Waals surface area contributed by atoms with Crippen molar-refractivity contribution in [2.75, 3.05) is 13.2 Å². The second kappa shape index (κ2) is 6.36. The molecule has 0 aromatic rings. The molecule has 59 valence electrons. The highest BCUT2D eigenvalue weighted by Gasteiger charge is 2.17. The molecule has 0 bridgehead atoms. The summed E-state index contributed by atoms with van der Waals surface area (Å²) in [6.45, 7) is 3.63. The number of hydrogen-bond donors (Lipinski definition) is 1. The molecule has 0 spiro atoms. The molecule has 0 fully saturated rings. The fourth-order valence-electron chi connectivity index (χ4n) is 0.364. The third kappa shape index (κ3) is 6.76. The van der Waals surface area contributed by atoms with Gasteiger partial charge in [-0.2, -0.15) is 0 Å². The zero-order valence-electron chi connectivity index (χ0n) is 6.11. The Bertz CT molecular complexity index is 108. The van der Waals surface area contributed by atoms with Crippen LogP contribution in [0.4, 0.5) is 0 Å². The molecule has 0 atom stereocenters. The first-order chi connectivity index (χ1) is 4.12. The van der Waals surface area contributed by atoms with E-state index in [9.17, 15) is 4.57 Å². The quantitative estimate of drug-likeness (QED) is 0.514. The molecule has 0 unspecified atom stereocenters. The molecule has 6 heteroatoms. The molecule has 0 aliphatic rings. The maximum atomic E-state index is 10.5. The van der Waals surface area contributed by atoms with E-state index in [1.54, 1.807) is 13.8 Å². The number of rotatable bonds is 4. The summed E-state index contributed by atoms with van der Waals surface area (Å²) < 4.78 is 19.2. The lowest BCUT2D eigenvalue weighted by Gasteiger charge is -2.07. The molecule has 0 aliphatic heterocycles. The van der Waals surface area contributed by atoms with E-state index in [1.807, 2.05) is 0 Å². The monoisotopic (exact) mass is 181 g/mol. The maximum Gasteiger partial charge on any atom is 0.472 e. The summed E-state index contributed by atoms with van der Waals surface area (Å²) in [6.07, 6.45) is 0. The van der Waals surface area contributed by atoms with E-state index in [1.165, 1.54) is 0 Å². The van der Waals surface area contributed by atoms with Gasteiger partial charge < -0.3 is 4.89 Å². The van der Waals surface area contributed by atoms with Crippen LogP contribution in [0.1, 0.15) is 13.8 Å². The van der Waals surface area contributed by atoms with Crippen LogP contribution < -0.4 is 0 Å². The van der Waals surface area contributed by atoms with Crippen molar-refractivity contribution in [1.29, 1.82) is 0 Å². The van der Waals surface area contributed by atoms with Crippen molar-refractivity contribution in [3.05, 3.63) is 0 Å². The summed E-state index contributed by atoms with van der Waals surface area (Å²) >= 11 is 0. The van der Waals surface area contributed by atoms with Crippen molar-refractivity contribution in [3.8, 4) is 0 Å². The smallest absolute Gasteiger partial charge is 0.302 e. The molecule has 10 heavy (non-hydrogen) atoms. The Kier molecular flexibility index (Phi) is 8.42. The van der Waals surface area contributed by atoms with Crippen LogP contribution in [0.5, 0.6) is 0 Å². The van der Waals surface area contributed by atoms with Crippen LogP contribution in [0.2, 0.25) is 0 Å².